The lowest BCUT2D eigenvalue weighted by Crippen LogP contribution is -2.37. The van der Waals surface area contributed by atoms with Crippen LogP contribution < -0.4 is 5.32 Å². The second-order valence-electron chi connectivity index (χ2n) is 9.26. The summed E-state index contributed by atoms with van der Waals surface area (Å²) in [6.07, 6.45) is 4.99. The Hall–Kier alpha value is -4.29. The van der Waals surface area contributed by atoms with Gasteiger partial charge in [-0.1, -0.05) is 12.1 Å². The Bertz CT molecular complexity index is 1350. The van der Waals surface area contributed by atoms with Crippen LogP contribution in [-0.2, 0) is 29.2 Å². The number of nitrogens with zero attached hydrogens (tertiary/aromatic N) is 5. The van der Waals surface area contributed by atoms with E-state index in [1.165, 1.54) is 12.8 Å². The summed E-state index contributed by atoms with van der Waals surface area (Å²) in [5, 5.41) is 35.4. The molecule has 4 N–H and O–H groups in total. The zero-order valence-electron chi connectivity index (χ0n) is 21.4. The van der Waals surface area contributed by atoms with Crippen molar-refractivity contribution in [2.24, 2.45) is 5.92 Å². The molecule has 4 heterocycles. The topological polar surface area (TPSA) is 167 Å². The van der Waals surface area contributed by atoms with Gasteiger partial charge in [-0.25, -0.2) is 14.6 Å². The van der Waals surface area contributed by atoms with Gasteiger partial charge < -0.3 is 34.5 Å². The molecule has 39 heavy (non-hydrogen) atoms. The van der Waals surface area contributed by atoms with Crippen LogP contribution in [0.1, 0.15) is 30.2 Å². The number of hydrogen-bond acceptors (Lipinski definition) is 9. The molecule has 12 heteroatoms. The number of rotatable bonds is 9. The standard InChI is InChI=1S/C25H30N6O2.C2H2O4/c32-18-21-8-7-20(33-21)17-31-23-5-2-1-4-22(23)28-25(31)16-19-9-13-30(14-10-19)15-12-26-24-6-3-11-27-29-24;3-1(4)2(5)6/h1-8,11,19,32H,9-10,12-18H2,(H,26,29);(H,3,4)(H,5,6). The van der Waals surface area contributed by atoms with Crippen LogP contribution in [0.3, 0.4) is 0 Å². The number of likely N-dealkylation sites (tertiary alicyclic amines) is 1. The molecule has 12 nitrogen and oxygen atoms in total. The van der Waals surface area contributed by atoms with E-state index < -0.39 is 11.9 Å². The van der Waals surface area contributed by atoms with Crippen LogP contribution in [0.4, 0.5) is 5.82 Å². The number of anilines is 1. The number of aliphatic hydroxyl groups is 1. The molecule has 1 saturated heterocycles. The van der Waals surface area contributed by atoms with Crippen LogP contribution in [0.25, 0.3) is 11.0 Å². The van der Waals surface area contributed by atoms with Gasteiger partial charge in [-0.15, -0.1) is 5.10 Å². The number of piperidine rings is 1. The van der Waals surface area contributed by atoms with E-state index in [0.29, 0.717) is 18.2 Å². The molecule has 4 aromatic rings. The van der Waals surface area contributed by atoms with Crippen molar-refractivity contribution in [1.82, 2.24) is 24.6 Å². The number of furan rings is 1. The fourth-order valence-electron chi connectivity index (χ4n) is 4.62. The second-order valence-corrected chi connectivity index (χ2v) is 9.26. The molecule has 0 saturated carbocycles. The summed E-state index contributed by atoms with van der Waals surface area (Å²) in [6, 6.07) is 15.9. The number of aromatic nitrogens is 4. The van der Waals surface area contributed by atoms with Crippen LogP contribution in [-0.4, -0.2) is 78.1 Å². The summed E-state index contributed by atoms with van der Waals surface area (Å²) >= 11 is 0. The molecule has 1 fully saturated rings. The highest BCUT2D eigenvalue weighted by Crippen LogP contribution is 2.25. The molecular formula is C27H32N6O6. The van der Waals surface area contributed by atoms with E-state index in [1.807, 2.05) is 30.3 Å². The first kappa shape index (κ1) is 27.7. The lowest BCUT2D eigenvalue weighted by atomic mass is 9.93. The van der Waals surface area contributed by atoms with Crippen LogP contribution in [0, 0.1) is 5.92 Å². The molecule has 1 aromatic carbocycles. The van der Waals surface area contributed by atoms with Gasteiger partial charge in [0.25, 0.3) is 0 Å². The molecule has 5 rings (SSSR count). The van der Waals surface area contributed by atoms with Crippen molar-refractivity contribution >= 4 is 28.8 Å². The van der Waals surface area contributed by atoms with E-state index in [2.05, 4.69) is 43.2 Å². The normalized spacial score (nSPS) is 14.1. The second kappa shape index (κ2) is 13.5. The zero-order chi connectivity index (χ0) is 27.6. The van der Waals surface area contributed by atoms with Crippen molar-refractivity contribution in [3.05, 3.63) is 72.1 Å². The smallest absolute Gasteiger partial charge is 0.414 e. The molecule has 0 amide bonds. The van der Waals surface area contributed by atoms with Crippen LogP contribution in [0.5, 0.6) is 0 Å². The van der Waals surface area contributed by atoms with Gasteiger partial charge in [-0.3, -0.25) is 0 Å². The van der Waals surface area contributed by atoms with Crippen molar-refractivity contribution in [2.75, 3.05) is 31.5 Å². The number of aliphatic carboxylic acids is 2. The van der Waals surface area contributed by atoms with Gasteiger partial charge in [-0.05, 0) is 68.2 Å². The van der Waals surface area contributed by atoms with Gasteiger partial charge in [0.05, 0.1) is 17.6 Å². The average Bonchev–Trinajstić information content (AvgIpc) is 3.55. The molecule has 1 aliphatic rings. The van der Waals surface area contributed by atoms with Crippen LogP contribution in [0.2, 0.25) is 0 Å². The van der Waals surface area contributed by atoms with Gasteiger partial charge >= 0.3 is 11.9 Å². The third-order valence-corrected chi connectivity index (χ3v) is 6.59. The lowest BCUT2D eigenvalue weighted by Gasteiger charge is -2.32. The quantitative estimate of drug-likeness (QED) is 0.232. The summed E-state index contributed by atoms with van der Waals surface area (Å²) in [7, 11) is 0. The van der Waals surface area contributed by atoms with E-state index in [4.69, 9.17) is 29.2 Å². The first-order valence-corrected chi connectivity index (χ1v) is 12.8. The highest BCUT2D eigenvalue weighted by molar-refractivity contribution is 6.27. The summed E-state index contributed by atoms with van der Waals surface area (Å²) < 4.78 is 8.03. The Morgan fingerprint density at radius 3 is 2.41 bits per heavy atom. The molecule has 0 aliphatic carbocycles. The molecule has 0 unspecified atom stereocenters. The first-order valence-electron chi connectivity index (χ1n) is 12.8. The first-order chi connectivity index (χ1) is 18.9. The number of carbonyl (C=O) groups is 2. The molecule has 206 valence electrons. The highest BCUT2D eigenvalue weighted by Gasteiger charge is 2.22. The minimum atomic E-state index is -1.82. The van der Waals surface area contributed by atoms with Crippen LogP contribution >= 0.6 is 0 Å². The molecule has 0 atom stereocenters. The fraction of sp³-hybridized carbons (Fsp3) is 0.370. The Kier molecular flexibility index (Phi) is 9.59. The average molecular weight is 537 g/mol. The van der Waals surface area contributed by atoms with Crippen molar-refractivity contribution in [1.29, 1.82) is 0 Å². The van der Waals surface area contributed by atoms with E-state index >= 15 is 0 Å². The largest absolute Gasteiger partial charge is 0.473 e. The number of benzene rings is 1. The molecule has 0 bridgehead atoms. The van der Waals surface area contributed by atoms with E-state index in [-0.39, 0.29) is 6.61 Å². The number of nitrogens with one attached hydrogen (secondary N) is 1. The number of carboxylic acids is 2. The van der Waals surface area contributed by atoms with Gasteiger partial charge in [0.1, 0.15) is 29.8 Å². The monoisotopic (exact) mass is 536 g/mol. The van der Waals surface area contributed by atoms with Gasteiger partial charge in [0.15, 0.2) is 0 Å². The molecule has 0 spiro atoms. The SMILES string of the molecule is O=C(O)C(=O)O.OCc1ccc(Cn2c(CC3CCN(CCNc4cccnn4)CC3)nc3ccccc32)o1. The Morgan fingerprint density at radius 2 is 1.74 bits per heavy atom. The maximum atomic E-state index is 9.33. The van der Waals surface area contributed by atoms with Crippen molar-refractivity contribution in [3.63, 3.8) is 0 Å². The number of carboxylic acid groups (broad SMARTS) is 2. The molecule has 0 radical (unpaired) electrons. The number of fused-ring (bicyclic) bond motifs is 1. The summed E-state index contributed by atoms with van der Waals surface area (Å²) in [5.41, 5.74) is 2.15. The number of para-hydroxylation sites is 2. The maximum Gasteiger partial charge on any atom is 0.414 e. The third kappa shape index (κ3) is 7.85. The summed E-state index contributed by atoms with van der Waals surface area (Å²) in [4.78, 5) is 25.7. The van der Waals surface area contributed by atoms with E-state index in [9.17, 15) is 5.11 Å². The minimum absolute atomic E-state index is 0.0790. The minimum Gasteiger partial charge on any atom is -0.473 e. The molecular weight excluding hydrogens is 504 g/mol. The highest BCUT2D eigenvalue weighted by atomic mass is 16.4. The Labute approximate surface area is 224 Å². The summed E-state index contributed by atoms with van der Waals surface area (Å²) in [5.74, 6) is 0.347. The predicted octanol–water partition coefficient (Wildman–Crippen LogP) is 2.48. The van der Waals surface area contributed by atoms with Crippen molar-refractivity contribution in [2.45, 2.75) is 32.4 Å². The fourth-order valence-corrected chi connectivity index (χ4v) is 4.62. The van der Waals surface area contributed by atoms with Crippen molar-refractivity contribution in [3.8, 4) is 0 Å². The van der Waals surface area contributed by atoms with Gasteiger partial charge in [-0.2, -0.15) is 5.10 Å². The Balaban J connectivity index is 0.000000531. The van der Waals surface area contributed by atoms with E-state index in [1.54, 1.807) is 6.20 Å². The van der Waals surface area contributed by atoms with Gasteiger partial charge in [0, 0.05) is 25.7 Å². The summed E-state index contributed by atoms with van der Waals surface area (Å²) in [6.45, 7) is 4.63. The van der Waals surface area contributed by atoms with Crippen molar-refractivity contribution < 1.29 is 29.3 Å². The number of hydrogen-bond donors (Lipinski definition) is 4. The zero-order valence-corrected chi connectivity index (χ0v) is 21.4. The Morgan fingerprint density at radius 1 is 1.00 bits per heavy atom. The number of aliphatic hydroxyl groups excluding tert-OH is 1. The van der Waals surface area contributed by atoms with Gasteiger partial charge in [0.2, 0.25) is 0 Å². The predicted molar refractivity (Wildman–Crippen MR) is 142 cm³/mol. The van der Waals surface area contributed by atoms with Crippen LogP contribution in [0.15, 0.2) is 59.1 Å². The maximum absolute atomic E-state index is 9.33. The molecule has 1 aliphatic heterocycles. The lowest BCUT2D eigenvalue weighted by molar-refractivity contribution is -0.159. The third-order valence-electron chi connectivity index (χ3n) is 6.59. The number of imidazole rings is 1. The molecule has 3 aromatic heterocycles. The van der Waals surface area contributed by atoms with E-state index in [0.717, 1.165) is 61.0 Å².